The van der Waals surface area contributed by atoms with E-state index in [-0.39, 0.29) is 0 Å². The fourth-order valence-electron chi connectivity index (χ4n) is 3.26. The normalized spacial score (nSPS) is 14.3. The number of hydrogen-bond acceptors (Lipinski definition) is 5. The maximum Gasteiger partial charge on any atom is 0.229 e. The Morgan fingerprint density at radius 1 is 0.767 bits per heavy atom. The summed E-state index contributed by atoms with van der Waals surface area (Å²) in [5.41, 5.74) is 5.87. The molecule has 0 saturated heterocycles. The summed E-state index contributed by atoms with van der Waals surface area (Å²) in [7, 11) is 0. The zero-order valence-electron chi connectivity index (χ0n) is 17.8. The van der Waals surface area contributed by atoms with Crippen LogP contribution in [0.25, 0.3) is 11.1 Å². The maximum atomic E-state index is 4.62. The fourth-order valence-corrected chi connectivity index (χ4v) is 3.26. The SMILES string of the molecule is CC(C)C(C)NC1=C(Nc2ccnc(Nc3ccc(-c4ccccc4)cc3)n2)CC1. The molecule has 0 fully saturated rings. The highest BCUT2D eigenvalue weighted by atomic mass is 15.1. The first kappa shape index (κ1) is 20.0. The number of rotatable bonds is 8. The molecule has 0 aliphatic heterocycles. The molecule has 1 heterocycles. The highest BCUT2D eigenvalue weighted by Gasteiger charge is 2.20. The number of aromatic nitrogens is 2. The molecule has 1 unspecified atom stereocenters. The molecular formula is C25H29N5. The lowest BCUT2D eigenvalue weighted by molar-refractivity contribution is 0.442. The summed E-state index contributed by atoms with van der Waals surface area (Å²) < 4.78 is 0. The predicted octanol–water partition coefficient (Wildman–Crippen LogP) is 5.94. The molecule has 5 heteroatoms. The lowest BCUT2D eigenvalue weighted by atomic mass is 9.98. The predicted molar refractivity (Wildman–Crippen MR) is 125 cm³/mol. The van der Waals surface area contributed by atoms with E-state index in [2.05, 4.69) is 95.2 Å². The van der Waals surface area contributed by atoms with E-state index in [9.17, 15) is 0 Å². The highest BCUT2D eigenvalue weighted by molar-refractivity contribution is 5.67. The molecule has 154 valence electrons. The van der Waals surface area contributed by atoms with Gasteiger partial charge in [0.15, 0.2) is 0 Å². The molecule has 0 spiro atoms. The van der Waals surface area contributed by atoms with Gasteiger partial charge in [0.2, 0.25) is 5.95 Å². The molecule has 0 bridgehead atoms. The quantitative estimate of drug-likeness (QED) is 0.438. The zero-order chi connectivity index (χ0) is 20.9. The van der Waals surface area contributed by atoms with Gasteiger partial charge in [-0.15, -0.1) is 0 Å². The standard InChI is InChI=1S/C25H29N5/c1-17(2)18(3)27-22-13-14-23(22)29-24-15-16-26-25(30-24)28-21-11-9-20(10-12-21)19-7-5-4-6-8-19/h4-12,15-18,27H,13-14H2,1-3H3,(H2,26,28,29,30). The third kappa shape index (κ3) is 4.79. The van der Waals surface area contributed by atoms with E-state index < -0.39 is 0 Å². The van der Waals surface area contributed by atoms with Crippen molar-refractivity contribution in [2.24, 2.45) is 5.92 Å². The molecule has 5 nitrogen and oxygen atoms in total. The Bertz CT molecular complexity index is 1010. The Kier molecular flexibility index (Phi) is 5.98. The second-order valence-corrected chi connectivity index (χ2v) is 8.09. The van der Waals surface area contributed by atoms with Crippen molar-refractivity contribution in [2.45, 2.75) is 39.7 Å². The number of anilines is 3. The molecule has 3 N–H and O–H groups in total. The number of allylic oxidation sites excluding steroid dienone is 2. The van der Waals surface area contributed by atoms with Crippen molar-refractivity contribution in [3.63, 3.8) is 0 Å². The van der Waals surface area contributed by atoms with Crippen LogP contribution in [-0.2, 0) is 0 Å². The fraction of sp³-hybridized carbons (Fsp3) is 0.280. The van der Waals surface area contributed by atoms with Crippen molar-refractivity contribution in [3.8, 4) is 11.1 Å². The number of hydrogen-bond donors (Lipinski definition) is 3. The summed E-state index contributed by atoms with van der Waals surface area (Å²) in [6.07, 6.45) is 3.91. The van der Waals surface area contributed by atoms with Crippen LogP contribution in [0, 0.1) is 5.92 Å². The van der Waals surface area contributed by atoms with Crippen LogP contribution in [0.4, 0.5) is 17.5 Å². The van der Waals surface area contributed by atoms with Gasteiger partial charge in [-0.3, -0.25) is 0 Å². The van der Waals surface area contributed by atoms with Gasteiger partial charge in [0.05, 0.1) is 0 Å². The molecule has 1 atom stereocenters. The summed E-state index contributed by atoms with van der Waals surface area (Å²) in [5.74, 6) is 1.99. The van der Waals surface area contributed by atoms with Crippen molar-refractivity contribution >= 4 is 17.5 Å². The lowest BCUT2D eigenvalue weighted by Crippen LogP contribution is -2.34. The minimum atomic E-state index is 0.457. The van der Waals surface area contributed by atoms with Crippen molar-refractivity contribution in [3.05, 3.63) is 78.3 Å². The summed E-state index contributed by atoms with van der Waals surface area (Å²) in [4.78, 5) is 8.99. The van der Waals surface area contributed by atoms with Crippen LogP contribution in [0.3, 0.4) is 0 Å². The van der Waals surface area contributed by atoms with E-state index in [1.807, 2.05) is 12.1 Å². The highest BCUT2D eigenvalue weighted by Crippen LogP contribution is 2.28. The summed E-state index contributed by atoms with van der Waals surface area (Å²) >= 11 is 0. The van der Waals surface area contributed by atoms with Crippen LogP contribution < -0.4 is 16.0 Å². The van der Waals surface area contributed by atoms with E-state index in [0.29, 0.717) is 17.9 Å². The number of nitrogens with zero attached hydrogens (tertiary/aromatic N) is 2. The van der Waals surface area contributed by atoms with Crippen LogP contribution in [0.15, 0.2) is 78.3 Å². The van der Waals surface area contributed by atoms with Crippen LogP contribution in [0.5, 0.6) is 0 Å². The van der Waals surface area contributed by atoms with Gasteiger partial charge in [-0.05, 0) is 55.0 Å². The summed E-state index contributed by atoms with van der Waals surface area (Å²) in [6, 6.07) is 21.0. The second-order valence-electron chi connectivity index (χ2n) is 8.09. The van der Waals surface area contributed by atoms with Gasteiger partial charge >= 0.3 is 0 Å². The summed E-state index contributed by atoms with van der Waals surface area (Å²) in [5, 5.41) is 10.4. The molecule has 4 rings (SSSR count). The van der Waals surface area contributed by atoms with Gasteiger partial charge in [-0.1, -0.05) is 56.3 Å². The molecular weight excluding hydrogens is 370 g/mol. The van der Waals surface area contributed by atoms with Gasteiger partial charge in [-0.2, -0.15) is 4.98 Å². The molecule has 1 aliphatic carbocycles. The number of nitrogens with one attached hydrogen (secondary N) is 3. The first-order valence-corrected chi connectivity index (χ1v) is 10.6. The molecule has 30 heavy (non-hydrogen) atoms. The third-order valence-corrected chi connectivity index (χ3v) is 5.57. The Labute approximate surface area is 178 Å². The van der Waals surface area contributed by atoms with E-state index in [4.69, 9.17) is 0 Å². The van der Waals surface area contributed by atoms with Crippen LogP contribution in [-0.4, -0.2) is 16.0 Å². The van der Waals surface area contributed by atoms with Crippen molar-refractivity contribution in [2.75, 3.05) is 10.6 Å². The van der Waals surface area contributed by atoms with Gasteiger partial charge in [0.25, 0.3) is 0 Å². The minimum absolute atomic E-state index is 0.457. The van der Waals surface area contributed by atoms with Gasteiger partial charge in [0, 0.05) is 29.3 Å². The molecule has 0 amide bonds. The maximum absolute atomic E-state index is 4.62. The molecule has 2 aromatic carbocycles. The molecule has 0 radical (unpaired) electrons. The van der Waals surface area contributed by atoms with Crippen molar-refractivity contribution < 1.29 is 0 Å². The van der Waals surface area contributed by atoms with Gasteiger partial charge in [0.1, 0.15) is 5.82 Å². The monoisotopic (exact) mass is 399 g/mol. The Balaban J connectivity index is 1.41. The van der Waals surface area contributed by atoms with Crippen LogP contribution >= 0.6 is 0 Å². The van der Waals surface area contributed by atoms with E-state index in [0.717, 1.165) is 24.3 Å². The van der Waals surface area contributed by atoms with Crippen molar-refractivity contribution in [1.29, 1.82) is 0 Å². The zero-order valence-corrected chi connectivity index (χ0v) is 17.8. The first-order valence-electron chi connectivity index (χ1n) is 10.6. The molecule has 1 aliphatic rings. The number of benzene rings is 2. The average Bonchev–Trinajstić information content (AvgIpc) is 2.76. The minimum Gasteiger partial charge on any atom is -0.384 e. The topological polar surface area (TPSA) is 61.9 Å². The summed E-state index contributed by atoms with van der Waals surface area (Å²) in [6.45, 7) is 6.70. The van der Waals surface area contributed by atoms with E-state index in [1.54, 1.807) is 6.20 Å². The molecule has 1 aromatic heterocycles. The van der Waals surface area contributed by atoms with E-state index >= 15 is 0 Å². The molecule has 0 saturated carbocycles. The van der Waals surface area contributed by atoms with Crippen LogP contribution in [0.2, 0.25) is 0 Å². The lowest BCUT2D eigenvalue weighted by Gasteiger charge is -2.30. The Morgan fingerprint density at radius 3 is 2.13 bits per heavy atom. The van der Waals surface area contributed by atoms with E-state index in [1.165, 1.54) is 22.5 Å². The van der Waals surface area contributed by atoms with Gasteiger partial charge in [-0.25, -0.2) is 4.98 Å². The average molecular weight is 400 g/mol. The smallest absolute Gasteiger partial charge is 0.229 e. The third-order valence-electron chi connectivity index (χ3n) is 5.57. The Morgan fingerprint density at radius 2 is 1.47 bits per heavy atom. The van der Waals surface area contributed by atoms with Gasteiger partial charge < -0.3 is 16.0 Å². The Hall–Kier alpha value is -3.34. The largest absolute Gasteiger partial charge is 0.384 e. The first-order chi connectivity index (χ1) is 14.6. The molecule has 3 aromatic rings. The van der Waals surface area contributed by atoms with Crippen molar-refractivity contribution in [1.82, 2.24) is 15.3 Å². The second kappa shape index (κ2) is 8.99. The van der Waals surface area contributed by atoms with Crippen LogP contribution in [0.1, 0.15) is 33.6 Å².